The summed E-state index contributed by atoms with van der Waals surface area (Å²) in [5, 5.41) is 6.66. The minimum Gasteiger partial charge on any atom is -0.460 e. The fourth-order valence-corrected chi connectivity index (χ4v) is 2.21. The molecule has 0 aromatic carbocycles. The molecule has 1 saturated carbocycles. The van der Waals surface area contributed by atoms with Gasteiger partial charge in [-0.25, -0.2) is 0 Å². The smallest absolute Gasteiger partial charge is 0.306 e. The number of carbonyl (C=O) groups is 1. The molecule has 0 bridgehead atoms. The standard InChI is InChI=1S/C18H35N3O2/c1-5-19-17(21-14-15-11-12-15)20-13-9-7-6-8-10-16(22)23-18(2,3)4/h15H,5-14H2,1-4H3,(H2,19,20,21). The summed E-state index contributed by atoms with van der Waals surface area (Å²) >= 11 is 0. The molecule has 5 nitrogen and oxygen atoms in total. The van der Waals surface area contributed by atoms with Gasteiger partial charge >= 0.3 is 5.97 Å². The number of unbranched alkanes of at least 4 members (excludes halogenated alkanes) is 3. The number of nitrogens with zero attached hydrogens (tertiary/aromatic N) is 1. The van der Waals surface area contributed by atoms with Crippen molar-refractivity contribution in [1.82, 2.24) is 10.6 Å². The summed E-state index contributed by atoms with van der Waals surface area (Å²) in [6.07, 6.45) is 7.39. The lowest BCUT2D eigenvalue weighted by molar-refractivity contribution is -0.154. The van der Waals surface area contributed by atoms with Crippen LogP contribution in [0.1, 0.15) is 72.6 Å². The highest BCUT2D eigenvalue weighted by molar-refractivity contribution is 5.79. The van der Waals surface area contributed by atoms with Gasteiger partial charge in [-0.15, -0.1) is 0 Å². The van der Waals surface area contributed by atoms with Gasteiger partial charge in [0.25, 0.3) is 0 Å². The number of hydrogen-bond donors (Lipinski definition) is 2. The molecule has 23 heavy (non-hydrogen) atoms. The first-order chi connectivity index (χ1) is 10.9. The van der Waals surface area contributed by atoms with E-state index < -0.39 is 0 Å². The van der Waals surface area contributed by atoms with E-state index in [0.29, 0.717) is 6.42 Å². The van der Waals surface area contributed by atoms with E-state index in [9.17, 15) is 4.79 Å². The summed E-state index contributed by atoms with van der Waals surface area (Å²) in [5.74, 6) is 1.67. The van der Waals surface area contributed by atoms with Crippen LogP contribution >= 0.6 is 0 Å². The second-order valence-electron chi connectivity index (χ2n) is 7.34. The summed E-state index contributed by atoms with van der Waals surface area (Å²) < 4.78 is 5.30. The largest absolute Gasteiger partial charge is 0.460 e. The lowest BCUT2D eigenvalue weighted by Gasteiger charge is -2.19. The van der Waals surface area contributed by atoms with Crippen molar-refractivity contribution in [3.8, 4) is 0 Å². The molecule has 0 spiro atoms. The number of esters is 1. The van der Waals surface area contributed by atoms with Crippen LogP contribution in [0.15, 0.2) is 4.99 Å². The van der Waals surface area contributed by atoms with E-state index in [4.69, 9.17) is 4.74 Å². The molecular formula is C18H35N3O2. The Labute approximate surface area is 141 Å². The van der Waals surface area contributed by atoms with Gasteiger partial charge in [0.2, 0.25) is 0 Å². The third-order valence-electron chi connectivity index (χ3n) is 3.57. The Morgan fingerprint density at radius 1 is 1.13 bits per heavy atom. The van der Waals surface area contributed by atoms with Crippen molar-refractivity contribution in [2.45, 2.75) is 78.2 Å². The highest BCUT2D eigenvalue weighted by Gasteiger charge is 2.20. The van der Waals surface area contributed by atoms with Gasteiger partial charge < -0.3 is 15.4 Å². The molecule has 2 N–H and O–H groups in total. The average molecular weight is 325 g/mol. The molecule has 5 heteroatoms. The fraction of sp³-hybridized carbons (Fsp3) is 0.889. The van der Waals surface area contributed by atoms with Crippen molar-refractivity contribution < 1.29 is 9.53 Å². The molecule has 0 atom stereocenters. The van der Waals surface area contributed by atoms with Crippen LogP contribution in [0.2, 0.25) is 0 Å². The minimum atomic E-state index is -0.372. The molecule has 0 aromatic heterocycles. The Bertz CT molecular complexity index is 371. The van der Waals surface area contributed by atoms with E-state index in [2.05, 4.69) is 22.5 Å². The van der Waals surface area contributed by atoms with Crippen LogP contribution in [-0.2, 0) is 9.53 Å². The summed E-state index contributed by atoms with van der Waals surface area (Å²) in [6, 6.07) is 0. The first-order valence-electron chi connectivity index (χ1n) is 9.14. The van der Waals surface area contributed by atoms with E-state index in [1.165, 1.54) is 12.8 Å². The Kier molecular flexibility index (Phi) is 9.03. The van der Waals surface area contributed by atoms with Gasteiger partial charge in [-0.3, -0.25) is 9.79 Å². The van der Waals surface area contributed by atoms with Crippen molar-refractivity contribution in [1.29, 1.82) is 0 Å². The molecule has 0 heterocycles. The van der Waals surface area contributed by atoms with Crippen molar-refractivity contribution in [3.05, 3.63) is 0 Å². The Morgan fingerprint density at radius 3 is 2.43 bits per heavy atom. The zero-order valence-corrected chi connectivity index (χ0v) is 15.4. The predicted octanol–water partition coefficient (Wildman–Crippen LogP) is 3.24. The number of nitrogens with one attached hydrogen (secondary N) is 2. The van der Waals surface area contributed by atoms with E-state index >= 15 is 0 Å². The third kappa shape index (κ3) is 11.9. The van der Waals surface area contributed by atoms with E-state index in [1.54, 1.807) is 0 Å². The highest BCUT2D eigenvalue weighted by Crippen LogP contribution is 2.28. The number of aliphatic imine (C=N–C) groups is 1. The third-order valence-corrected chi connectivity index (χ3v) is 3.57. The van der Waals surface area contributed by atoms with Crippen LogP contribution in [-0.4, -0.2) is 37.2 Å². The molecule has 0 amide bonds. The molecule has 1 aliphatic rings. The minimum absolute atomic E-state index is 0.0859. The fourth-order valence-electron chi connectivity index (χ4n) is 2.21. The zero-order valence-electron chi connectivity index (χ0n) is 15.4. The number of hydrogen-bond acceptors (Lipinski definition) is 3. The number of carbonyl (C=O) groups excluding carboxylic acids is 1. The Balaban J connectivity index is 2.00. The molecule has 0 saturated heterocycles. The Morgan fingerprint density at radius 2 is 1.83 bits per heavy atom. The van der Waals surface area contributed by atoms with Crippen LogP contribution in [0.25, 0.3) is 0 Å². The SMILES string of the molecule is CCNC(=NCC1CC1)NCCCCCCC(=O)OC(C)(C)C. The normalized spacial score (nSPS) is 15.4. The van der Waals surface area contributed by atoms with Gasteiger partial charge in [-0.05, 0) is 59.3 Å². The summed E-state index contributed by atoms with van der Waals surface area (Å²) in [6.45, 7) is 10.6. The van der Waals surface area contributed by atoms with Crippen LogP contribution in [0.5, 0.6) is 0 Å². The molecule has 1 aliphatic carbocycles. The predicted molar refractivity (Wildman–Crippen MR) is 95.6 cm³/mol. The number of guanidine groups is 1. The molecule has 0 radical (unpaired) electrons. The van der Waals surface area contributed by atoms with Gasteiger partial charge in [0.15, 0.2) is 5.96 Å². The highest BCUT2D eigenvalue weighted by atomic mass is 16.6. The lowest BCUT2D eigenvalue weighted by atomic mass is 10.1. The molecule has 0 unspecified atom stereocenters. The molecule has 0 aromatic rings. The zero-order chi connectivity index (χ0) is 17.1. The van der Waals surface area contributed by atoms with Crippen LogP contribution in [0.3, 0.4) is 0 Å². The molecule has 0 aliphatic heterocycles. The second kappa shape index (κ2) is 10.5. The van der Waals surface area contributed by atoms with Gasteiger partial charge in [-0.2, -0.15) is 0 Å². The Hall–Kier alpha value is -1.26. The van der Waals surface area contributed by atoms with Crippen molar-refractivity contribution >= 4 is 11.9 Å². The molecule has 1 rings (SSSR count). The van der Waals surface area contributed by atoms with Crippen molar-refractivity contribution in [2.75, 3.05) is 19.6 Å². The van der Waals surface area contributed by atoms with Gasteiger partial charge in [0, 0.05) is 26.1 Å². The summed E-state index contributed by atoms with van der Waals surface area (Å²) in [4.78, 5) is 16.2. The number of ether oxygens (including phenoxy) is 1. The van der Waals surface area contributed by atoms with E-state index in [1.807, 2.05) is 20.8 Å². The maximum Gasteiger partial charge on any atom is 0.306 e. The van der Waals surface area contributed by atoms with Crippen LogP contribution < -0.4 is 10.6 Å². The quantitative estimate of drug-likeness (QED) is 0.280. The van der Waals surface area contributed by atoms with Gasteiger partial charge in [0.1, 0.15) is 5.60 Å². The van der Waals surface area contributed by atoms with Crippen LogP contribution in [0.4, 0.5) is 0 Å². The topological polar surface area (TPSA) is 62.7 Å². The first-order valence-corrected chi connectivity index (χ1v) is 9.14. The summed E-state index contributed by atoms with van der Waals surface area (Å²) in [5.41, 5.74) is -0.372. The average Bonchev–Trinajstić information content (AvgIpc) is 3.25. The molecule has 134 valence electrons. The lowest BCUT2D eigenvalue weighted by Crippen LogP contribution is -2.38. The monoisotopic (exact) mass is 325 g/mol. The second-order valence-corrected chi connectivity index (χ2v) is 7.34. The summed E-state index contributed by atoms with van der Waals surface area (Å²) in [7, 11) is 0. The molecule has 1 fully saturated rings. The van der Waals surface area contributed by atoms with Gasteiger partial charge in [0.05, 0.1) is 0 Å². The van der Waals surface area contributed by atoms with Gasteiger partial charge in [-0.1, -0.05) is 12.8 Å². The van der Waals surface area contributed by atoms with E-state index in [-0.39, 0.29) is 11.6 Å². The number of rotatable bonds is 10. The van der Waals surface area contributed by atoms with Crippen LogP contribution in [0, 0.1) is 5.92 Å². The van der Waals surface area contributed by atoms with Crippen molar-refractivity contribution in [2.24, 2.45) is 10.9 Å². The first kappa shape index (κ1) is 19.8. The van der Waals surface area contributed by atoms with Crippen molar-refractivity contribution in [3.63, 3.8) is 0 Å². The molecular weight excluding hydrogens is 290 g/mol. The maximum atomic E-state index is 11.6. The van der Waals surface area contributed by atoms with E-state index in [0.717, 1.165) is 57.2 Å². The maximum absolute atomic E-state index is 11.6.